The maximum Gasteiger partial charge on any atom is 0.256 e. The summed E-state index contributed by atoms with van der Waals surface area (Å²) in [6.07, 6.45) is 0. The van der Waals surface area contributed by atoms with E-state index in [1.54, 1.807) is 7.05 Å². The molecule has 0 saturated carbocycles. The van der Waals surface area contributed by atoms with Crippen LogP contribution >= 0.6 is 0 Å². The van der Waals surface area contributed by atoms with E-state index in [4.69, 9.17) is 4.84 Å². The summed E-state index contributed by atoms with van der Waals surface area (Å²) in [7, 11) is 3.71. The fourth-order valence-corrected chi connectivity index (χ4v) is 2.20. The van der Waals surface area contributed by atoms with Gasteiger partial charge in [0.05, 0.1) is 11.5 Å². The van der Waals surface area contributed by atoms with E-state index in [0.717, 1.165) is 17.1 Å². The molecule has 0 aliphatic rings. The third-order valence-electron chi connectivity index (χ3n) is 3.85. The van der Waals surface area contributed by atoms with Crippen molar-refractivity contribution in [1.82, 2.24) is 0 Å². The average molecular weight is 325 g/mol. The summed E-state index contributed by atoms with van der Waals surface area (Å²) in [4.78, 5) is 24.0. The Balaban J connectivity index is 2.26. The van der Waals surface area contributed by atoms with Crippen LogP contribution in [0, 0.1) is 6.92 Å². The summed E-state index contributed by atoms with van der Waals surface area (Å²) in [5.74, 6) is 1.37. The highest BCUT2D eigenvalue weighted by molar-refractivity contribution is 5.96. The summed E-state index contributed by atoms with van der Waals surface area (Å²) in [5.41, 5.74) is 2.63. The average Bonchev–Trinajstić information content (AvgIpc) is 2.59. The Bertz CT molecular complexity index is 739. The number of nitrogens with zero attached hydrogens (tertiary/aromatic N) is 3. The van der Waals surface area contributed by atoms with Crippen LogP contribution < -0.4 is 14.8 Å². The first-order valence-corrected chi connectivity index (χ1v) is 7.75. The van der Waals surface area contributed by atoms with Gasteiger partial charge >= 0.3 is 0 Å². The molecule has 1 amide bonds. The lowest BCUT2D eigenvalue weighted by Gasteiger charge is -2.23. The molecule has 0 aliphatic carbocycles. The van der Waals surface area contributed by atoms with E-state index in [-0.39, 0.29) is 5.91 Å². The number of aliphatic imine (C=N–C) groups is 1. The van der Waals surface area contributed by atoms with E-state index >= 15 is 0 Å². The van der Waals surface area contributed by atoms with Crippen molar-refractivity contribution >= 4 is 23.1 Å². The van der Waals surface area contributed by atoms with Crippen molar-refractivity contribution in [2.24, 2.45) is 4.99 Å². The Morgan fingerprint density at radius 2 is 1.58 bits per heavy atom. The molecular weight excluding hydrogens is 302 g/mol. The van der Waals surface area contributed by atoms with Crippen LogP contribution in [0.25, 0.3) is 0 Å². The van der Waals surface area contributed by atoms with Crippen molar-refractivity contribution in [2.45, 2.75) is 20.8 Å². The third kappa shape index (κ3) is 3.93. The molecule has 0 heterocycles. The first-order valence-electron chi connectivity index (χ1n) is 7.75. The van der Waals surface area contributed by atoms with Gasteiger partial charge in [-0.25, -0.2) is 0 Å². The van der Waals surface area contributed by atoms with Crippen molar-refractivity contribution < 1.29 is 9.63 Å². The van der Waals surface area contributed by atoms with Gasteiger partial charge in [0.15, 0.2) is 5.75 Å². The van der Waals surface area contributed by atoms with Crippen LogP contribution in [0.3, 0.4) is 0 Å². The molecule has 0 spiro atoms. The van der Waals surface area contributed by atoms with Gasteiger partial charge in [-0.1, -0.05) is 18.2 Å². The number of benzene rings is 2. The maximum absolute atomic E-state index is 12.0. The molecule has 24 heavy (non-hydrogen) atoms. The molecule has 5 nitrogen and oxygen atoms in total. The van der Waals surface area contributed by atoms with Gasteiger partial charge in [0.25, 0.3) is 5.91 Å². The molecule has 0 aromatic heterocycles. The van der Waals surface area contributed by atoms with Crippen molar-refractivity contribution in [3.63, 3.8) is 0 Å². The Kier molecular flexibility index (Phi) is 5.58. The van der Waals surface area contributed by atoms with Gasteiger partial charge in [-0.2, -0.15) is 0 Å². The van der Waals surface area contributed by atoms with E-state index in [1.807, 2.05) is 74.3 Å². The van der Waals surface area contributed by atoms with Crippen LogP contribution in [-0.2, 0) is 4.79 Å². The Hall–Kier alpha value is -2.82. The fourth-order valence-electron chi connectivity index (χ4n) is 2.20. The molecule has 5 heteroatoms. The summed E-state index contributed by atoms with van der Waals surface area (Å²) < 4.78 is 0. The fraction of sp³-hybridized carbons (Fsp3) is 0.263. The monoisotopic (exact) mass is 325 g/mol. The zero-order valence-electron chi connectivity index (χ0n) is 14.8. The molecule has 2 aromatic carbocycles. The number of hydrogen-bond acceptors (Lipinski definition) is 3. The summed E-state index contributed by atoms with van der Waals surface area (Å²) in [5, 5.41) is 1.30. The van der Waals surface area contributed by atoms with E-state index in [0.29, 0.717) is 11.4 Å². The van der Waals surface area contributed by atoms with Crippen molar-refractivity contribution in [3.05, 3.63) is 54.1 Å². The zero-order valence-corrected chi connectivity index (χ0v) is 14.8. The number of anilines is 2. The minimum Gasteiger partial charge on any atom is -0.372 e. The molecule has 0 bridgehead atoms. The number of carbonyl (C=O) groups excluding carboxylic acids is 1. The van der Waals surface area contributed by atoms with Gasteiger partial charge in [-0.05, 0) is 49.7 Å². The van der Waals surface area contributed by atoms with Gasteiger partial charge < -0.3 is 9.74 Å². The van der Waals surface area contributed by atoms with Crippen LogP contribution in [0.2, 0.25) is 0 Å². The summed E-state index contributed by atoms with van der Waals surface area (Å²) in [6, 6.07) is 15.2. The number of hydroxylamine groups is 1. The molecular formula is C19H23N3O2. The van der Waals surface area contributed by atoms with Gasteiger partial charge in [0, 0.05) is 26.7 Å². The molecule has 2 aromatic rings. The molecule has 0 atom stereocenters. The topological polar surface area (TPSA) is 45.1 Å². The predicted molar refractivity (Wildman–Crippen MR) is 98.8 cm³/mol. The van der Waals surface area contributed by atoms with Gasteiger partial charge in [0.2, 0.25) is 0 Å². The first-order chi connectivity index (χ1) is 11.4. The molecule has 0 fully saturated rings. The quantitative estimate of drug-likeness (QED) is 0.487. The second-order valence-corrected chi connectivity index (χ2v) is 5.52. The number of carbonyl (C=O) groups is 1. The number of rotatable bonds is 4. The zero-order chi connectivity index (χ0) is 17.7. The minimum atomic E-state index is -0.189. The molecule has 0 aliphatic heterocycles. The van der Waals surface area contributed by atoms with Crippen LogP contribution in [-0.4, -0.2) is 25.8 Å². The number of amidine groups is 1. The van der Waals surface area contributed by atoms with Crippen LogP contribution in [0.15, 0.2) is 53.5 Å². The minimum absolute atomic E-state index is 0.189. The highest BCUT2D eigenvalue weighted by Gasteiger charge is 2.15. The van der Waals surface area contributed by atoms with Crippen LogP contribution in [0.1, 0.15) is 19.4 Å². The maximum atomic E-state index is 12.0. The lowest BCUT2D eigenvalue weighted by atomic mass is 10.2. The second kappa shape index (κ2) is 7.64. The molecule has 0 N–H and O–H groups in total. The molecule has 0 radical (unpaired) electrons. The predicted octanol–water partition coefficient (Wildman–Crippen LogP) is 3.83. The molecule has 126 valence electrons. The summed E-state index contributed by atoms with van der Waals surface area (Å²) >= 11 is 0. The first kappa shape index (κ1) is 17.5. The second-order valence-electron chi connectivity index (χ2n) is 5.52. The van der Waals surface area contributed by atoms with Crippen molar-refractivity contribution in [2.75, 3.05) is 24.1 Å². The Labute approximate surface area is 143 Å². The lowest BCUT2D eigenvalue weighted by Crippen LogP contribution is -2.32. The third-order valence-corrected chi connectivity index (χ3v) is 3.85. The van der Waals surface area contributed by atoms with E-state index in [9.17, 15) is 4.79 Å². The van der Waals surface area contributed by atoms with Crippen molar-refractivity contribution in [1.29, 1.82) is 0 Å². The van der Waals surface area contributed by atoms with Crippen LogP contribution in [0.4, 0.5) is 11.4 Å². The smallest absolute Gasteiger partial charge is 0.256 e. The highest BCUT2D eigenvalue weighted by Crippen LogP contribution is 2.24. The summed E-state index contributed by atoms with van der Waals surface area (Å²) in [6.45, 7) is 5.36. The van der Waals surface area contributed by atoms with Crippen molar-refractivity contribution in [3.8, 4) is 5.75 Å². The van der Waals surface area contributed by atoms with E-state index in [2.05, 4.69) is 4.99 Å². The SMILES string of the molecule is CN=C(C)N(C)c1ccc(N(Oc2ccccc2C)C(C)=O)cc1. The largest absolute Gasteiger partial charge is 0.372 e. The number of para-hydroxylation sites is 1. The molecule has 0 unspecified atom stereocenters. The number of aryl methyl sites for hydroxylation is 1. The highest BCUT2D eigenvalue weighted by atomic mass is 16.7. The Morgan fingerprint density at radius 1 is 1.00 bits per heavy atom. The van der Waals surface area contributed by atoms with E-state index < -0.39 is 0 Å². The van der Waals surface area contributed by atoms with Gasteiger partial charge in [0.1, 0.15) is 0 Å². The van der Waals surface area contributed by atoms with Crippen LogP contribution in [0.5, 0.6) is 5.75 Å². The molecule has 2 rings (SSSR count). The normalized spacial score (nSPS) is 11.1. The Morgan fingerprint density at radius 3 is 2.12 bits per heavy atom. The number of hydrogen-bond donors (Lipinski definition) is 0. The standard InChI is InChI=1S/C19H23N3O2/c1-14-8-6-7-9-19(14)24-22(16(3)23)18-12-10-17(11-13-18)21(5)15(2)20-4/h6-13H,1-5H3. The number of amides is 1. The molecule has 0 saturated heterocycles. The lowest BCUT2D eigenvalue weighted by molar-refractivity contribution is -0.120. The van der Waals surface area contributed by atoms with E-state index in [1.165, 1.54) is 12.0 Å². The van der Waals surface area contributed by atoms with Gasteiger partial charge in [-0.15, -0.1) is 5.06 Å². The van der Waals surface area contributed by atoms with Gasteiger partial charge in [-0.3, -0.25) is 9.79 Å².